The standard InChI is InChI=1S/C24H23N5O3S/c1-15-21(16-8-3-5-10-18(16)25-15)20(30)14-33-24-27-26-23-28(12-7-13-32-2)22(31)17-9-4-6-11-19(17)29(23)24/h3-6,8-11,25H,7,12-14H2,1-2H3. The summed E-state index contributed by atoms with van der Waals surface area (Å²) in [6, 6.07) is 15.2. The number of thioether (sulfide) groups is 1. The number of carbonyl (C=O) groups excluding carboxylic acids is 1. The van der Waals surface area contributed by atoms with Crippen LogP contribution in [-0.2, 0) is 11.3 Å². The lowest BCUT2D eigenvalue weighted by atomic mass is 10.1. The maximum Gasteiger partial charge on any atom is 0.262 e. The van der Waals surface area contributed by atoms with Crippen LogP contribution in [-0.4, -0.2) is 49.4 Å². The van der Waals surface area contributed by atoms with E-state index in [-0.39, 0.29) is 17.1 Å². The van der Waals surface area contributed by atoms with E-state index in [0.717, 1.165) is 22.1 Å². The van der Waals surface area contributed by atoms with Gasteiger partial charge in [0, 0.05) is 42.4 Å². The van der Waals surface area contributed by atoms with Gasteiger partial charge in [0.05, 0.1) is 16.7 Å². The largest absolute Gasteiger partial charge is 0.385 e. The van der Waals surface area contributed by atoms with Crippen molar-refractivity contribution in [3.05, 3.63) is 70.1 Å². The van der Waals surface area contributed by atoms with E-state index in [2.05, 4.69) is 15.2 Å². The summed E-state index contributed by atoms with van der Waals surface area (Å²) in [6.45, 7) is 2.92. The van der Waals surface area contributed by atoms with E-state index in [1.165, 1.54) is 11.8 Å². The zero-order valence-electron chi connectivity index (χ0n) is 18.4. The van der Waals surface area contributed by atoms with Gasteiger partial charge in [0.25, 0.3) is 5.56 Å². The van der Waals surface area contributed by atoms with Crippen LogP contribution in [0.2, 0.25) is 0 Å². The third kappa shape index (κ3) is 3.73. The van der Waals surface area contributed by atoms with Crippen molar-refractivity contribution in [1.82, 2.24) is 24.1 Å². The van der Waals surface area contributed by atoms with Gasteiger partial charge in [0.1, 0.15) is 0 Å². The molecule has 3 aromatic heterocycles. The molecule has 168 valence electrons. The summed E-state index contributed by atoms with van der Waals surface area (Å²) < 4.78 is 8.64. The Balaban J connectivity index is 1.53. The van der Waals surface area contributed by atoms with Crippen LogP contribution in [0.1, 0.15) is 22.5 Å². The molecule has 0 amide bonds. The fourth-order valence-corrected chi connectivity index (χ4v) is 5.05. The fraction of sp³-hybridized carbons (Fsp3) is 0.250. The summed E-state index contributed by atoms with van der Waals surface area (Å²) in [4.78, 5) is 29.6. The van der Waals surface area contributed by atoms with E-state index in [9.17, 15) is 9.59 Å². The number of Topliss-reactive ketones (excluding diaryl/α,β-unsaturated/α-hetero) is 1. The Labute approximate surface area is 193 Å². The van der Waals surface area contributed by atoms with Gasteiger partial charge in [-0.15, -0.1) is 10.2 Å². The zero-order chi connectivity index (χ0) is 22.9. The van der Waals surface area contributed by atoms with Gasteiger partial charge in [-0.05, 0) is 31.5 Å². The van der Waals surface area contributed by atoms with Crippen LogP contribution in [0.4, 0.5) is 0 Å². The predicted octanol–water partition coefficient (Wildman–Crippen LogP) is 3.85. The molecule has 9 heteroatoms. The maximum atomic E-state index is 13.2. The van der Waals surface area contributed by atoms with Crippen molar-refractivity contribution < 1.29 is 9.53 Å². The van der Waals surface area contributed by atoms with Gasteiger partial charge in [0.15, 0.2) is 10.9 Å². The molecule has 1 N–H and O–H groups in total. The van der Waals surface area contributed by atoms with Gasteiger partial charge >= 0.3 is 0 Å². The molecule has 3 heterocycles. The lowest BCUT2D eigenvalue weighted by molar-refractivity contribution is 0.102. The number of nitrogens with zero attached hydrogens (tertiary/aromatic N) is 4. The Morgan fingerprint density at radius 1 is 1.09 bits per heavy atom. The van der Waals surface area contributed by atoms with Crippen LogP contribution in [0.3, 0.4) is 0 Å². The van der Waals surface area contributed by atoms with Crippen LogP contribution in [0, 0.1) is 6.92 Å². The van der Waals surface area contributed by atoms with Gasteiger partial charge in [0.2, 0.25) is 5.78 Å². The number of carbonyl (C=O) groups is 1. The van der Waals surface area contributed by atoms with Crippen molar-refractivity contribution in [1.29, 1.82) is 0 Å². The molecule has 0 saturated carbocycles. The number of aromatic amines is 1. The van der Waals surface area contributed by atoms with Gasteiger partial charge in [-0.25, -0.2) is 0 Å². The van der Waals surface area contributed by atoms with Crippen molar-refractivity contribution in [2.24, 2.45) is 0 Å². The second kappa shape index (κ2) is 8.84. The smallest absolute Gasteiger partial charge is 0.262 e. The van der Waals surface area contributed by atoms with Crippen molar-refractivity contribution in [3.63, 3.8) is 0 Å². The van der Waals surface area contributed by atoms with E-state index in [0.29, 0.717) is 41.5 Å². The second-order valence-corrected chi connectivity index (χ2v) is 8.76. The SMILES string of the molecule is COCCCn1c(=O)c2ccccc2n2c(SCC(=O)c3c(C)[nH]c4ccccc34)nnc12. The summed E-state index contributed by atoms with van der Waals surface area (Å²) in [7, 11) is 1.64. The van der Waals surface area contributed by atoms with E-state index in [1.54, 1.807) is 17.7 Å². The van der Waals surface area contributed by atoms with E-state index < -0.39 is 0 Å². The van der Waals surface area contributed by atoms with Crippen LogP contribution < -0.4 is 5.56 Å². The number of benzene rings is 2. The number of aromatic nitrogens is 5. The Morgan fingerprint density at radius 3 is 2.67 bits per heavy atom. The first-order valence-electron chi connectivity index (χ1n) is 10.7. The lowest BCUT2D eigenvalue weighted by Gasteiger charge is -2.11. The molecule has 0 radical (unpaired) electrons. The fourth-order valence-electron chi connectivity index (χ4n) is 4.23. The first-order chi connectivity index (χ1) is 16.1. The minimum Gasteiger partial charge on any atom is -0.385 e. The molecule has 0 bridgehead atoms. The van der Waals surface area contributed by atoms with Crippen LogP contribution >= 0.6 is 11.8 Å². The van der Waals surface area contributed by atoms with Crippen LogP contribution in [0.15, 0.2) is 58.5 Å². The minimum atomic E-state index is -0.108. The molecule has 5 aromatic rings. The van der Waals surface area contributed by atoms with Gasteiger partial charge < -0.3 is 9.72 Å². The highest BCUT2D eigenvalue weighted by atomic mass is 32.2. The molecule has 33 heavy (non-hydrogen) atoms. The first kappa shape index (κ1) is 21.4. The van der Waals surface area contributed by atoms with E-state index in [1.807, 2.05) is 53.8 Å². The highest BCUT2D eigenvalue weighted by molar-refractivity contribution is 7.99. The number of H-pyrrole nitrogens is 1. The molecule has 0 aliphatic carbocycles. The summed E-state index contributed by atoms with van der Waals surface area (Å²) in [5, 5.41) is 10.7. The molecule has 0 aliphatic rings. The molecule has 5 rings (SSSR count). The molecular formula is C24H23N5O3S. The van der Waals surface area contributed by atoms with Gasteiger partial charge in [-0.1, -0.05) is 42.1 Å². The quantitative estimate of drug-likeness (QED) is 0.214. The van der Waals surface area contributed by atoms with Crippen molar-refractivity contribution >= 4 is 45.1 Å². The number of ketones is 1. The predicted molar refractivity (Wildman–Crippen MR) is 129 cm³/mol. The van der Waals surface area contributed by atoms with Crippen molar-refractivity contribution in [2.75, 3.05) is 19.5 Å². The van der Waals surface area contributed by atoms with Crippen LogP contribution in [0.5, 0.6) is 0 Å². The van der Waals surface area contributed by atoms with Gasteiger partial charge in [-0.3, -0.25) is 18.6 Å². The topological polar surface area (TPSA) is 94.3 Å². The first-order valence-corrected chi connectivity index (χ1v) is 11.7. The van der Waals surface area contributed by atoms with Crippen molar-refractivity contribution in [2.45, 2.75) is 25.0 Å². The molecular weight excluding hydrogens is 438 g/mol. The van der Waals surface area contributed by atoms with E-state index >= 15 is 0 Å². The molecule has 0 spiro atoms. The zero-order valence-corrected chi connectivity index (χ0v) is 19.2. The number of rotatable bonds is 8. The van der Waals surface area contributed by atoms with Crippen molar-refractivity contribution in [3.8, 4) is 0 Å². The number of ether oxygens (including phenoxy) is 1. The lowest BCUT2D eigenvalue weighted by Crippen LogP contribution is -2.24. The number of methoxy groups -OCH3 is 1. The number of para-hydroxylation sites is 2. The average Bonchev–Trinajstić information content (AvgIpc) is 3.40. The molecule has 2 aromatic carbocycles. The molecule has 0 saturated heterocycles. The molecule has 0 aliphatic heterocycles. The van der Waals surface area contributed by atoms with Gasteiger partial charge in [-0.2, -0.15) is 0 Å². The summed E-state index contributed by atoms with van der Waals surface area (Å²) in [5.41, 5.74) is 3.12. The number of nitrogens with one attached hydrogen (secondary N) is 1. The third-order valence-corrected chi connectivity index (χ3v) is 6.64. The summed E-state index contributed by atoms with van der Waals surface area (Å²) in [5.74, 6) is 0.693. The maximum absolute atomic E-state index is 13.2. The number of aryl methyl sites for hydroxylation is 2. The number of fused-ring (bicyclic) bond motifs is 4. The summed E-state index contributed by atoms with van der Waals surface area (Å²) >= 11 is 1.32. The Bertz CT molecular complexity index is 1550. The average molecular weight is 462 g/mol. The van der Waals surface area contributed by atoms with E-state index in [4.69, 9.17) is 4.74 Å². The monoisotopic (exact) mass is 461 g/mol. The Kier molecular flexibility index (Phi) is 5.74. The highest BCUT2D eigenvalue weighted by Gasteiger charge is 2.20. The third-order valence-electron chi connectivity index (χ3n) is 5.71. The molecule has 8 nitrogen and oxygen atoms in total. The Morgan fingerprint density at radius 2 is 1.85 bits per heavy atom. The Hall–Kier alpha value is -3.43. The molecule has 0 fully saturated rings. The normalized spacial score (nSPS) is 11.7. The molecule has 0 unspecified atom stereocenters. The van der Waals surface area contributed by atoms with Crippen LogP contribution in [0.25, 0.3) is 27.6 Å². The summed E-state index contributed by atoms with van der Waals surface area (Å²) in [6.07, 6.45) is 0.679. The highest BCUT2D eigenvalue weighted by Crippen LogP contribution is 2.26. The molecule has 0 atom stereocenters. The number of hydrogen-bond donors (Lipinski definition) is 1. The second-order valence-electron chi connectivity index (χ2n) is 7.82. The minimum absolute atomic E-state index is 0.0180. The number of hydrogen-bond acceptors (Lipinski definition) is 6.